The first kappa shape index (κ1) is 15.6. The molecule has 25 heavy (non-hydrogen) atoms. The molecule has 3 aliphatic rings. The monoisotopic (exact) mass is 404 g/mol. The maximum atomic E-state index is 12.3. The second-order valence-corrected chi connectivity index (χ2v) is 8.47. The number of halogens is 1. The summed E-state index contributed by atoms with van der Waals surface area (Å²) in [5.74, 6) is 1.62. The summed E-state index contributed by atoms with van der Waals surface area (Å²) in [7, 11) is 1.50. The van der Waals surface area contributed by atoms with E-state index in [0.717, 1.165) is 48.2 Å². The van der Waals surface area contributed by atoms with E-state index in [4.69, 9.17) is 4.74 Å². The molecule has 3 fully saturated rings. The Balaban J connectivity index is 1.56. The first-order valence-corrected chi connectivity index (χ1v) is 9.79. The Labute approximate surface area is 154 Å². The fourth-order valence-corrected chi connectivity index (χ4v) is 5.34. The smallest absolute Gasteiger partial charge is 0.311 e. The van der Waals surface area contributed by atoms with Gasteiger partial charge in [-0.25, -0.2) is 9.50 Å². The number of rotatable bonds is 3. The number of fused-ring (bicyclic) bond motifs is 3. The average molecular weight is 405 g/mol. The number of hydrogen-bond acceptors (Lipinski definition) is 5. The maximum Gasteiger partial charge on any atom is 0.311 e. The van der Waals surface area contributed by atoms with Gasteiger partial charge >= 0.3 is 5.97 Å². The third kappa shape index (κ3) is 2.24. The van der Waals surface area contributed by atoms with E-state index in [1.165, 1.54) is 25.5 Å². The molecule has 5 rings (SSSR count). The number of carbonyl (C=O) groups is 1. The van der Waals surface area contributed by atoms with Crippen molar-refractivity contribution in [2.45, 2.75) is 50.5 Å². The first-order valence-electron chi connectivity index (χ1n) is 9.00. The highest BCUT2D eigenvalue weighted by Gasteiger charge is 2.51. The molecule has 2 bridgehead atoms. The van der Waals surface area contributed by atoms with Crippen LogP contribution in [0.4, 0.5) is 5.82 Å². The van der Waals surface area contributed by atoms with Gasteiger partial charge in [0, 0.05) is 12.6 Å². The number of ether oxygens (including phenoxy) is 1. The Morgan fingerprint density at radius 2 is 2.20 bits per heavy atom. The van der Waals surface area contributed by atoms with E-state index in [2.05, 4.69) is 37.0 Å². The van der Waals surface area contributed by atoms with Gasteiger partial charge in [-0.3, -0.25) is 4.79 Å². The highest BCUT2D eigenvalue weighted by atomic mass is 79.9. The van der Waals surface area contributed by atoms with Crippen molar-refractivity contribution in [1.82, 2.24) is 14.6 Å². The van der Waals surface area contributed by atoms with E-state index in [9.17, 15) is 4.79 Å². The lowest BCUT2D eigenvalue weighted by Gasteiger charge is -2.39. The molecule has 0 N–H and O–H groups in total. The standard InChI is InChI=1S/C18H21BrN4O2/c1-25-17(24)18-5-4-12(9-18)22(7-6-18)16-15-13(11-2-3-11)8-14(19)23(15)21-10-20-16/h8,10-12H,2-7,9H2,1H3. The molecule has 3 heterocycles. The van der Waals surface area contributed by atoms with Crippen LogP contribution in [-0.2, 0) is 9.53 Å². The molecule has 1 aliphatic heterocycles. The van der Waals surface area contributed by atoms with E-state index >= 15 is 0 Å². The molecule has 2 atom stereocenters. The molecule has 2 aromatic heterocycles. The number of esters is 1. The molecule has 2 aliphatic carbocycles. The Hall–Kier alpha value is -1.63. The molecule has 2 saturated carbocycles. The van der Waals surface area contributed by atoms with Gasteiger partial charge in [-0.05, 0) is 72.0 Å². The van der Waals surface area contributed by atoms with Crippen molar-refractivity contribution in [2.24, 2.45) is 5.41 Å². The van der Waals surface area contributed by atoms with Gasteiger partial charge in [-0.1, -0.05) is 0 Å². The molecular weight excluding hydrogens is 384 g/mol. The van der Waals surface area contributed by atoms with Crippen molar-refractivity contribution in [1.29, 1.82) is 0 Å². The number of hydrogen-bond donors (Lipinski definition) is 0. The van der Waals surface area contributed by atoms with Crippen LogP contribution in [0.25, 0.3) is 5.52 Å². The van der Waals surface area contributed by atoms with Crippen LogP contribution in [0.15, 0.2) is 17.0 Å². The third-order valence-electron chi connectivity index (χ3n) is 6.28. The molecule has 1 saturated heterocycles. The molecule has 132 valence electrons. The van der Waals surface area contributed by atoms with Crippen LogP contribution >= 0.6 is 15.9 Å². The van der Waals surface area contributed by atoms with Crippen LogP contribution in [0.2, 0.25) is 0 Å². The predicted molar refractivity (Wildman–Crippen MR) is 96.7 cm³/mol. The topological polar surface area (TPSA) is 59.7 Å². The van der Waals surface area contributed by atoms with Gasteiger partial charge in [0.15, 0.2) is 5.82 Å². The molecular formula is C18H21BrN4O2. The summed E-state index contributed by atoms with van der Waals surface area (Å²) in [6.07, 6.45) is 7.78. The molecule has 7 heteroatoms. The quantitative estimate of drug-likeness (QED) is 0.734. The summed E-state index contributed by atoms with van der Waals surface area (Å²) in [4.78, 5) is 19.4. The Morgan fingerprint density at radius 1 is 1.36 bits per heavy atom. The van der Waals surface area contributed by atoms with Crippen LogP contribution in [0.5, 0.6) is 0 Å². The summed E-state index contributed by atoms with van der Waals surface area (Å²) >= 11 is 3.64. The number of anilines is 1. The minimum Gasteiger partial charge on any atom is -0.469 e. The first-order chi connectivity index (χ1) is 12.1. The van der Waals surface area contributed by atoms with Gasteiger partial charge in [0.2, 0.25) is 0 Å². The number of piperidine rings is 1. The van der Waals surface area contributed by atoms with Crippen molar-refractivity contribution in [3.8, 4) is 0 Å². The zero-order chi connectivity index (χ0) is 17.2. The number of carbonyl (C=O) groups excluding carboxylic acids is 1. The predicted octanol–water partition coefficient (Wildman–Crippen LogP) is 3.29. The van der Waals surface area contributed by atoms with Crippen molar-refractivity contribution >= 4 is 33.2 Å². The third-order valence-corrected chi connectivity index (χ3v) is 6.85. The fraction of sp³-hybridized carbons (Fsp3) is 0.611. The lowest BCUT2D eigenvalue weighted by molar-refractivity contribution is -0.153. The Morgan fingerprint density at radius 3 is 2.96 bits per heavy atom. The van der Waals surface area contributed by atoms with Gasteiger partial charge in [0.25, 0.3) is 0 Å². The summed E-state index contributed by atoms with van der Waals surface area (Å²) in [6.45, 7) is 0.847. The molecule has 2 aromatic rings. The molecule has 2 unspecified atom stereocenters. The van der Waals surface area contributed by atoms with Crippen molar-refractivity contribution in [3.63, 3.8) is 0 Å². The Kier molecular flexibility index (Phi) is 3.39. The van der Waals surface area contributed by atoms with E-state index in [-0.39, 0.29) is 11.4 Å². The highest BCUT2D eigenvalue weighted by molar-refractivity contribution is 9.10. The van der Waals surface area contributed by atoms with E-state index in [0.29, 0.717) is 12.0 Å². The minimum atomic E-state index is -0.277. The Bertz CT molecular complexity index is 862. The SMILES string of the molecule is COC(=O)C12CCC(C1)N(c1ncnn3c(Br)cc(C4CC4)c13)CC2. The van der Waals surface area contributed by atoms with Crippen LogP contribution in [-0.4, -0.2) is 40.3 Å². The lowest BCUT2D eigenvalue weighted by Crippen LogP contribution is -2.45. The fourth-order valence-electron chi connectivity index (χ4n) is 4.82. The second kappa shape index (κ2) is 5.43. The molecule has 0 radical (unpaired) electrons. The maximum absolute atomic E-state index is 12.3. The van der Waals surface area contributed by atoms with Crippen LogP contribution in [0.3, 0.4) is 0 Å². The second-order valence-electron chi connectivity index (χ2n) is 7.65. The zero-order valence-electron chi connectivity index (χ0n) is 14.2. The van der Waals surface area contributed by atoms with Gasteiger partial charge in [0.1, 0.15) is 16.4 Å². The minimum absolute atomic E-state index is 0.0356. The normalized spacial score (nSPS) is 28.6. The summed E-state index contributed by atoms with van der Waals surface area (Å²) in [5, 5.41) is 4.44. The molecule has 6 nitrogen and oxygen atoms in total. The van der Waals surface area contributed by atoms with E-state index in [1.54, 1.807) is 6.33 Å². The summed E-state index contributed by atoms with van der Waals surface area (Å²) < 4.78 is 8.04. The van der Waals surface area contributed by atoms with Gasteiger partial charge < -0.3 is 9.64 Å². The number of nitrogens with zero attached hydrogens (tertiary/aromatic N) is 4. The van der Waals surface area contributed by atoms with E-state index < -0.39 is 0 Å². The van der Waals surface area contributed by atoms with Crippen molar-refractivity contribution < 1.29 is 9.53 Å². The van der Waals surface area contributed by atoms with Gasteiger partial charge in [0.05, 0.1) is 12.5 Å². The molecule has 0 aromatic carbocycles. The highest BCUT2D eigenvalue weighted by Crippen LogP contribution is 2.51. The lowest BCUT2D eigenvalue weighted by atomic mass is 9.80. The van der Waals surface area contributed by atoms with Crippen LogP contribution in [0.1, 0.15) is 50.0 Å². The van der Waals surface area contributed by atoms with Gasteiger partial charge in [-0.15, -0.1) is 0 Å². The summed E-state index contributed by atoms with van der Waals surface area (Å²) in [6, 6.07) is 2.55. The van der Waals surface area contributed by atoms with E-state index in [1.807, 2.05) is 4.52 Å². The average Bonchev–Trinajstić information content (AvgIpc) is 3.35. The summed E-state index contributed by atoms with van der Waals surface area (Å²) in [5.41, 5.74) is 2.21. The van der Waals surface area contributed by atoms with Crippen molar-refractivity contribution in [2.75, 3.05) is 18.6 Å². The number of methoxy groups -OCH3 is 1. The molecule has 0 spiro atoms. The largest absolute Gasteiger partial charge is 0.469 e. The zero-order valence-corrected chi connectivity index (χ0v) is 15.8. The number of aromatic nitrogens is 3. The van der Waals surface area contributed by atoms with Gasteiger partial charge in [-0.2, -0.15) is 5.10 Å². The molecule has 0 amide bonds. The van der Waals surface area contributed by atoms with Crippen LogP contribution in [0, 0.1) is 5.41 Å². The van der Waals surface area contributed by atoms with Crippen LogP contribution < -0.4 is 4.90 Å². The van der Waals surface area contributed by atoms with Crippen molar-refractivity contribution in [3.05, 3.63) is 22.6 Å².